The van der Waals surface area contributed by atoms with Crippen molar-refractivity contribution in [1.29, 1.82) is 0 Å². The van der Waals surface area contributed by atoms with E-state index >= 15 is 0 Å². The second-order valence-electron chi connectivity index (χ2n) is 5.51. The molecule has 0 amide bonds. The SMILES string of the molecule is COCCOCCCCNC1CN2CCC1CC2. The van der Waals surface area contributed by atoms with E-state index in [1.807, 2.05) is 0 Å². The van der Waals surface area contributed by atoms with Gasteiger partial charge < -0.3 is 19.7 Å². The molecule has 3 rings (SSSR count). The van der Waals surface area contributed by atoms with Gasteiger partial charge in [0.2, 0.25) is 0 Å². The monoisotopic (exact) mass is 256 g/mol. The van der Waals surface area contributed by atoms with E-state index in [-0.39, 0.29) is 0 Å². The van der Waals surface area contributed by atoms with Crippen LogP contribution in [-0.4, -0.2) is 64.1 Å². The third kappa shape index (κ3) is 4.50. The number of fused-ring (bicyclic) bond motifs is 3. The second kappa shape index (κ2) is 8.10. The lowest BCUT2D eigenvalue weighted by atomic mass is 9.84. The Bertz CT molecular complexity index is 218. The Balaban J connectivity index is 1.44. The van der Waals surface area contributed by atoms with E-state index in [2.05, 4.69) is 10.2 Å². The average molecular weight is 256 g/mol. The van der Waals surface area contributed by atoms with Gasteiger partial charge in [0.15, 0.2) is 0 Å². The summed E-state index contributed by atoms with van der Waals surface area (Å²) in [6, 6.07) is 0.752. The zero-order chi connectivity index (χ0) is 12.6. The molecular formula is C14H28N2O2. The van der Waals surface area contributed by atoms with Crippen molar-refractivity contribution in [2.24, 2.45) is 5.92 Å². The standard InChI is InChI=1S/C14H28N2O2/c1-17-10-11-18-9-3-2-6-15-14-12-16-7-4-13(14)5-8-16/h13-15H,2-12H2,1H3. The molecule has 4 heteroatoms. The number of nitrogens with one attached hydrogen (secondary N) is 1. The van der Waals surface area contributed by atoms with Crippen LogP contribution in [0, 0.1) is 5.92 Å². The highest BCUT2D eigenvalue weighted by Crippen LogP contribution is 2.27. The highest BCUT2D eigenvalue weighted by atomic mass is 16.5. The van der Waals surface area contributed by atoms with Crippen LogP contribution >= 0.6 is 0 Å². The lowest BCUT2D eigenvalue weighted by Crippen LogP contribution is -2.56. The lowest BCUT2D eigenvalue weighted by molar-refractivity contribution is 0.0650. The predicted octanol–water partition coefficient (Wildman–Crippen LogP) is 1.11. The number of ether oxygens (including phenoxy) is 2. The Labute approximate surface area is 111 Å². The number of piperidine rings is 3. The van der Waals surface area contributed by atoms with Crippen LogP contribution in [0.15, 0.2) is 0 Å². The minimum absolute atomic E-state index is 0.706. The van der Waals surface area contributed by atoms with E-state index < -0.39 is 0 Å². The summed E-state index contributed by atoms with van der Waals surface area (Å²) < 4.78 is 10.4. The first-order valence-electron chi connectivity index (χ1n) is 7.42. The molecule has 3 heterocycles. The molecule has 3 fully saturated rings. The summed E-state index contributed by atoms with van der Waals surface area (Å²) >= 11 is 0. The van der Waals surface area contributed by atoms with Crippen molar-refractivity contribution in [3.8, 4) is 0 Å². The van der Waals surface area contributed by atoms with Gasteiger partial charge in [-0.3, -0.25) is 0 Å². The van der Waals surface area contributed by atoms with Crippen LogP contribution in [0.25, 0.3) is 0 Å². The Morgan fingerprint density at radius 1 is 1.11 bits per heavy atom. The molecule has 4 nitrogen and oxygen atoms in total. The van der Waals surface area contributed by atoms with E-state index in [0.29, 0.717) is 6.61 Å². The summed E-state index contributed by atoms with van der Waals surface area (Å²) in [6.45, 7) is 7.37. The zero-order valence-electron chi connectivity index (χ0n) is 11.7. The van der Waals surface area contributed by atoms with Crippen LogP contribution in [-0.2, 0) is 9.47 Å². The fourth-order valence-electron chi connectivity index (χ4n) is 3.06. The van der Waals surface area contributed by atoms with Gasteiger partial charge in [0, 0.05) is 26.3 Å². The summed E-state index contributed by atoms with van der Waals surface area (Å²) in [5, 5.41) is 3.73. The average Bonchev–Trinajstić information content (AvgIpc) is 2.43. The molecule has 0 saturated carbocycles. The van der Waals surface area contributed by atoms with Crippen molar-refractivity contribution in [2.45, 2.75) is 31.7 Å². The number of nitrogens with zero attached hydrogens (tertiary/aromatic N) is 1. The molecule has 0 aromatic carbocycles. The summed E-state index contributed by atoms with van der Waals surface area (Å²) in [4.78, 5) is 2.60. The summed E-state index contributed by atoms with van der Waals surface area (Å²) in [5.41, 5.74) is 0. The highest BCUT2D eigenvalue weighted by Gasteiger charge is 2.33. The first-order chi connectivity index (χ1) is 8.90. The third-order valence-corrected chi connectivity index (χ3v) is 4.21. The van der Waals surface area contributed by atoms with Gasteiger partial charge >= 0.3 is 0 Å². The fourth-order valence-corrected chi connectivity index (χ4v) is 3.06. The number of hydrogen-bond donors (Lipinski definition) is 1. The smallest absolute Gasteiger partial charge is 0.0700 e. The fraction of sp³-hybridized carbons (Fsp3) is 1.00. The molecule has 18 heavy (non-hydrogen) atoms. The van der Waals surface area contributed by atoms with Crippen molar-refractivity contribution in [1.82, 2.24) is 10.2 Å². The maximum absolute atomic E-state index is 5.45. The van der Waals surface area contributed by atoms with Gasteiger partial charge in [0.1, 0.15) is 0 Å². The van der Waals surface area contributed by atoms with Crippen molar-refractivity contribution in [3.05, 3.63) is 0 Å². The number of rotatable bonds is 9. The van der Waals surface area contributed by atoms with Crippen LogP contribution < -0.4 is 5.32 Å². The third-order valence-electron chi connectivity index (χ3n) is 4.21. The summed E-state index contributed by atoms with van der Waals surface area (Å²) in [7, 11) is 1.71. The molecule has 3 aliphatic rings. The maximum atomic E-state index is 5.45. The molecule has 3 aliphatic heterocycles. The molecule has 2 bridgehead atoms. The molecule has 0 aromatic heterocycles. The first-order valence-corrected chi connectivity index (χ1v) is 7.42. The zero-order valence-corrected chi connectivity index (χ0v) is 11.7. The van der Waals surface area contributed by atoms with Crippen LogP contribution in [0.5, 0.6) is 0 Å². The Kier molecular flexibility index (Phi) is 6.41. The largest absolute Gasteiger partial charge is 0.382 e. The van der Waals surface area contributed by atoms with Crippen LogP contribution in [0.3, 0.4) is 0 Å². The molecule has 0 aliphatic carbocycles. The molecule has 0 aromatic rings. The first kappa shape index (κ1) is 14.3. The minimum atomic E-state index is 0.706. The highest BCUT2D eigenvalue weighted by molar-refractivity contribution is 4.90. The van der Waals surface area contributed by atoms with E-state index in [0.717, 1.165) is 38.1 Å². The normalized spacial score (nSPS) is 30.8. The molecule has 1 N–H and O–H groups in total. The number of hydrogen-bond acceptors (Lipinski definition) is 4. The van der Waals surface area contributed by atoms with Crippen LogP contribution in [0.4, 0.5) is 0 Å². The van der Waals surface area contributed by atoms with Crippen molar-refractivity contribution >= 4 is 0 Å². The van der Waals surface area contributed by atoms with Gasteiger partial charge in [-0.1, -0.05) is 0 Å². The van der Waals surface area contributed by atoms with Gasteiger partial charge in [0.05, 0.1) is 13.2 Å². The second-order valence-corrected chi connectivity index (χ2v) is 5.51. The maximum Gasteiger partial charge on any atom is 0.0700 e. The molecule has 0 radical (unpaired) electrons. The van der Waals surface area contributed by atoms with Gasteiger partial charge in [-0.05, 0) is 51.2 Å². The van der Waals surface area contributed by atoms with E-state index in [1.54, 1.807) is 7.11 Å². The summed E-state index contributed by atoms with van der Waals surface area (Å²) in [6.07, 6.45) is 5.17. The van der Waals surface area contributed by atoms with Crippen LogP contribution in [0.1, 0.15) is 25.7 Å². The van der Waals surface area contributed by atoms with E-state index in [9.17, 15) is 0 Å². The molecular weight excluding hydrogens is 228 g/mol. The Morgan fingerprint density at radius 2 is 1.94 bits per heavy atom. The van der Waals surface area contributed by atoms with Crippen molar-refractivity contribution < 1.29 is 9.47 Å². The van der Waals surface area contributed by atoms with Gasteiger partial charge in [-0.25, -0.2) is 0 Å². The lowest BCUT2D eigenvalue weighted by Gasteiger charge is -2.45. The molecule has 3 saturated heterocycles. The van der Waals surface area contributed by atoms with Crippen LogP contribution in [0.2, 0.25) is 0 Å². The predicted molar refractivity (Wildman–Crippen MR) is 72.9 cm³/mol. The molecule has 106 valence electrons. The van der Waals surface area contributed by atoms with Gasteiger partial charge in [-0.15, -0.1) is 0 Å². The number of methoxy groups -OCH3 is 1. The topological polar surface area (TPSA) is 33.7 Å². The van der Waals surface area contributed by atoms with E-state index in [4.69, 9.17) is 9.47 Å². The quantitative estimate of drug-likeness (QED) is 0.627. The number of unbranched alkanes of at least 4 members (excludes halogenated alkanes) is 1. The summed E-state index contributed by atoms with van der Waals surface area (Å²) in [5.74, 6) is 0.938. The van der Waals surface area contributed by atoms with E-state index in [1.165, 1.54) is 38.9 Å². The molecule has 0 spiro atoms. The minimum Gasteiger partial charge on any atom is -0.382 e. The van der Waals surface area contributed by atoms with Gasteiger partial charge in [-0.2, -0.15) is 0 Å². The van der Waals surface area contributed by atoms with Crippen molar-refractivity contribution in [2.75, 3.05) is 53.1 Å². The Morgan fingerprint density at radius 3 is 2.61 bits per heavy atom. The van der Waals surface area contributed by atoms with Gasteiger partial charge in [0.25, 0.3) is 0 Å². The molecule has 1 atom stereocenters. The molecule has 1 unspecified atom stereocenters. The van der Waals surface area contributed by atoms with Crippen molar-refractivity contribution in [3.63, 3.8) is 0 Å². The Hall–Kier alpha value is -0.160.